The number of carbonyl (C=O) groups excluding carboxylic acids is 2. The van der Waals surface area contributed by atoms with Crippen LogP contribution < -0.4 is 19.7 Å². The fourth-order valence-corrected chi connectivity index (χ4v) is 3.86. The lowest BCUT2D eigenvalue weighted by molar-refractivity contribution is -0.120. The van der Waals surface area contributed by atoms with Crippen molar-refractivity contribution in [2.45, 2.75) is 6.92 Å². The molecule has 0 atom stereocenters. The number of halogens is 2. The standard InChI is InChI=1S/C25H20ClFN2O4/c1-14-12-16(26)6-10-19(14)28-23-22(15-4-7-17(27)8-5-15)24(30)29(25(23)31)18-9-11-20(32-2)21(13-18)33-3/h4-13,28H,1-3H3. The van der Waals surface area contributed by atoms with E-state index in [4.69, 9.17) is 21.1 Å². The Labute approximate surface area is 195 Å². The SMILES string of the molecule is COc1ccc(N2C(=O)C(Nc3ccc(Cl)cc3C)=C(c3ccc(F)cc3)C2=O)cc1OC. The first kappa shape index (κ1) is 22.4. The Balaban J connectivity index is 1.83. The third-order valence-corrected chi connectivity index (χ3v) is 5.53. The molecule has 33 heavy (non-hydrogen) atoms. The summed E-state index contributed by atoms with van der Waals surface area (Å²) in [5, 5.41) is 3.64. The summed E-state index contributed by atoms with van der Waals surface area (Å²) in [6.45, 7) is 1.83. The van der Waals surface area contributed by atoms with Crippen LogP contribution in [0.15, 0.2) is 66.4 Å². The molecular weight excluding hydrogens is 447 g/mol. The second kappa shape index (κ2) is 8.96. The molecule has 3 aromatic carbocycles. The zero-order valence-electron chi connectivity index (χ0n) is 18.1. The van der Waals surface area contributed by atoms with Crippen molar-refractivity contribution >= 4 is 40.4 Å². The predicted molar refractivity (Wildman–Crippen MR) is 125 cm³/mol. The lowest BCUT2D eigenvalue weighted by atomic mass is 10.0. The van der Waals surface area contributed by atoms with Gasteiger partial charge in [0.25, 0.3) is 11.8 Å². The van der Waals surface area contributed by atoms with Gasteiger partial charge in [0.2, 0.25) is 0 Å². The largest absolute Gasteiger partial charge is 0.493 e. The second-order valence-electron chi connectivity index (χ2n) is 7.33. The molecule has 0 unspecified atom stereocenters. The Morgan fingerprint density at radius 3 is 2.21 bits per heavy atom. The van der Waals surface area contributed by atoms with Gasteiger partial charge in [-0.25, -0.2) is 9.29 Å². The molecule has 0 aromatic heterocycles. The van der Waals surface area contributed by atoms with E-state index in [1.165, 1.54) is 38.5 Å². The zero-order chi connectivity index (χ0) is 23.7. The van der Waals surface area contributed by atoms with Crippen LogP contribution in [0, 0.1) is 12.7 Å². The summed E-state index contributed by atoms with van der Waals surface area (Å²) in [6, 6.07) is 15.3. The molecule has 0 bridgehead atoms. The molecule has 3 aromatic rings. The summed E-state index contributed by atoms with van der Waals surface area (Å²) in [6.07, 6.45) is 0. The van der Waals surface area contributed by atoms with Gasteiger partial charge in [-0.2, -0.15) is 0 Å². The number of hydrogen-bond donors (Lipinski definition) is 1. The normalized spacial score (nSPS) is 13.5. The van der Waals surface area contributed by atoms with Gasteiger partial charge in [-0.05, 0) is 60.5 Å². The van der Waals surface area contributed by atoms with E-state index in [0.717, 1.165) is 10.5 Å². The number of hydrogen-bond acceptors (Lipinski definition) is 5. The maximum atomic E-state index is 13.5. The number of anilines is 2. The summed E-state index contributed by atoms with van der Waals surface area (Å²) in [7, 11) is 2.96. The predicted octanol–water partition coefficient (Wildman–Crippen LogP) is 5.20. The van der Waals surface area contributed by atoms with Crippen molar-refractivity contribution in [2.24, 2.45) is 0 Å². The quantitative estimate of drug-likeness (QED) is 0.506. The topological polar surface area (TPSA) is 67.9 Å². The number of benzene rings is 3. The minimum absolute atomic E-state index is 0.0758. The van der Waals surface area contributed by atoms with Gasteiger partial charge in [-0.15, -0.1) is 0 Å². The lowest BCUT2D eigenvalue weighted by Crippen LogP contribution is -2.32. The average molecular weight is 467 g/mol. The maximum Gasteiger partial charge on any atom is 0.282 e. The molecule has 8 heteroatoms. The summed E-state index contributed by atoms with van der Waals surface area (Å²) < 4.78 is 24.1. The Hall–Kier alpha value is -3.84. The Kier molecular flexibility index (Phi) is 6.07. The highest BCUT2D eigenvalue weighted by atomic mass is 35.5. The van der Waals surface area contributed by atoms with Gasteiger partial charge in [0, 0.05) is 16.8 Å². The van der Waals surface area contributed by atoms with Gasteiger partial charge in [0.05, 0.1) is 25.5 Å². The molecular formula is C25H20ClFN2O4. The number of aryl methyl sites for hydroxylation is 1. The molecule has 0 saturated carbocycles. The molecule has 1 heterocycles. The third kappa shape index (κ3) is 4.15. The van der Waals surface area contributed by atoms with E-state index >= 15 is 0 Å². The lowest BCUT2D eigenvalue weighted by Gasteiger charge is -2.17. The molecule has 0 fully saturated rings. The fraction of sp³-hybridized carbons (Fsp3) is 0.120. The van der Waals surface area contributed by atoms with E-state index in [0.29, 0.717) is 33.5 Å². The van der Waals surface area contributed by atoms with E-state index in [9.17, 15) is 14.0 Å². The van der Waals surface area contributed by atoms with Gasteiger partial charge in [0.1, 0.15) is 11.5 Å². The van der Waals surface area contributed by atoms with Crippen LogP contribution in [0.4, 0.5) is 15.8 Å². The first-order valence-corrected chi connectivity index (χ1v) is 10.4. The van der Waals surface area contributed by atoms with Crippen LogP contribution in [0.3, 0.4) is 0 Å². The van der Waals surface area contributed by atoms with E-state index in [2.05, 4.69) is 5.32 Å². The molecule has 6 nitrogen and oxygen atoms in total. The molecule has 0 saturated heterocycles. The average Bonchev–Trinajstić information content (AvgIpc) is 3.05. The van der Waals surface area contributed by atoms with Crippen LogP contribution >= 0.6 is 11.6 Å². The van der Waals surface area contributed by atoms with Gasteiger partial charge in [-0.3, -0.25) is 9.59 Å². The van der Waals surface area contributed by atoms with E-state index in [-0.39, 0.29) is 11.3 Å². The van der Waals surface area contributed by atoms with Gasteiger partial charge in [-0.1, -0.05) is 23.7 Å². The Morgan fingerprint density at radius 2 is 1.58 bits per heavy atom. The van der Waals surface area contributed by atoms with E-state index in [1.54, 1.807) is 36.4 Å². The molecule has 168 valence electrons. The number of carbonyl (C=O) groups is 2. The minimum atomic E-state index is -0.555. The summed E-state index contributed by atoms with van der Waals surface area (Å²) in [4.78, 5) is 28.1. The van der Waals surface area contributed by atoms with Crippen LogP contribution in [0.5, 0.6) is 11.5 Å². The smallest absolute Gasteiger partial charge is 0.282 e. The molecule has 1 aliphatic rings. The van der Waals surface area contributed by atoms with Gasteiger partial charge < -0.3 is 14.8 Å². The highest BCUT2D eigenvalue weighted by molar-refractivity contribution is 6.46. The van der Waals surface area contributed by atoms with Gasteiger partial charge in [0.15, 0.2) is 11.5 Å². The number of nitrogens with zero attached hydrogens (tertiary/aromatic N) is 1. The van der Waals surface area contributed by atoms with Crippen molar-refractivity contribution in [1.29, 1.82) is 0 Å². The monoisotopic (exact) mass is 466 g/mol. The first-order valence-electron chi connectivity index (χ1n) is 9.98. The molecule has 0 spiro atoms. The van der Waals surface area contributed by atoms with Crippen molar-refractivity contribution in [2.75, 3.05) is 24.4 Å². The zero-order valence-corrected chi connectivity index (χ0v) is 18.9. The van der Waals surface area contributed by atoms with Crippen molar-refractivity contribution < 1.29 is 23.5 Å². The second-order valence-corrected chi connectivity index (χ2v) is 7.76. The summed E-state index contributed by atoms with van der Waals surface area (Å²) in [5.74, 6) is -0.721. The Morgan fingerprint density at radius 1 is 0.879 bits per heavy atom. The molecule has 0 aliphatic carbocycles. The molecule has 1 aliphatic heterocycles. The van der Waals surface area contributed by atoms with Crippen LogP contribution in [0.25, 0.3) is 5.57 Å². The number of ether oxygens (including phenoxy) is 2. The van der Waals surface area contributed by atoms with Crippen molar-refractivity contribution in [3.63, 3.8) is 0 Å². The van der Waals surface area contributed by atoms with Crippen molar-refractivity contribution in [3.05, 3.63) is 88.3 Å². The first-order chi connectivity index (χ1) is 15.8. The highest BCUT2D eigenvalue weighted by Crippen LogP contribution is 2.38. The minimum Gasteiger partial charge on any atom is -0.493 e. The Bertz CT molecular complexity index is 1290. The number of nitrogens with one attached hydrogen (secondary N) is 1. The van der Waals surface area contributed by atoms with Crippen LogP contribution in [0.2, 0.25) is 5.02 Å². The number of methoxy groups -OCH3 is 2. The number of imide groups is 1. The van der Waals surface area contributed by atoms with Crippen LogP contribution in [0.1, 0.15) is 11.1 Å². The van der Waals surface area contributed by atoms with Crippen molar-refractivity contribution in [1.82, 2.24) is 0 Å². The van der Waals surface area contributed by atoms with Crippen molar-refractivity contribution in [3.8, 4) is 11.5 Å². The summed E-state index contributed by atoms with van der Waals surface area (Å²) >= 11 is 6.05. The summed E-state index contributed by atoms with van der Waals surface area (Å²) in [5.41, 5.74) is 2.33. The number of rotatable bonds is 6. The van der Waals surface area contributed by atoms with Crippen LogP contribution in [-0.4, -0.2) is 26.0 Å². The van der Waals surface area contributed by atoms with E-state index in [1.807, 2.05) is 6.92 Å². The molecule has 2 amide bonds. The highest BCUT2D eigenvalue weighted by Gasteiger charge is 2.40. The van der Waals surface area contributed by atoms with Gasteiger partial charge >= 0.3 is 0 Å². The molecule has 1 N–H and O–H groups in total. The van der Waals surface area contributed by atoms with Crippen LogP contribution in [-0.2, 0) is 9.59 Å². The van der Waals surface area contributed by atoms with E-state index < -0.39 is 17.6 Å². The molecule has 0 radical (unpaired) electrons. The molecule has 4 rings (SSSR count). The maximum absolute atomic E-state index is 13.5. The fourth-order valence-electron chi connectivity index (χ4n) is 3.63. The number of amides is 2. The third-order valence-electron chi connectivity index (χ3n) is 5.29.